The van der Waals surface area contributed by atoms with Gasteiger partial charge in [-0.25, -0.2) is 0 Å². The molecule has 0 saturated carbocycles. The molecule has 111 valence electrons. The van der Waals surface area contributed by atoms with Gasteiger partial charge in [0, 0.05) is 18.9 Å². The van der Waals surface area contributed by atoms with E-state index in [0.717, 1.165) is 17.5 Å². The molecular weight excluding hydrogens is 333 g/mol. The molecule has 0 amide bonds. The summed E-state index contributed by atoms with van der Waals surface area (Å²) in [7, 11) is -0.0162. The molecule has 1 atom stereocenters. The Hall–Kier alpha value is -0.483. The van der Waals surface area contributed by atoms with Crippen molar-refractivity contribution in [2.24, 2.45) is 0 Å². The second-order valence-electron chi connectivity index (χ2n) is 4.42. The van der Waals surface area contributed by atoms with Crippen LogP contribution in [0.4, 0.5) is 0 Å². The second-order valence-corrected chi connectivity index (χ2v) is 6.52. The maximum atomic E-state index is 12.3. The summed E-state index contributed by atoms with van der Waals surface area (Å²) in [6.07, 6.45) is 0.965. The van der Waals surface area contributed by atoms with Gasteiger partial charge >= 0.3 is 0 Å². The monoisotopic (exact) mass is 347 g/mol. The van der Waals surface area contributed by atoms with Crippen molar-refractivity contribution in [2.75, 3.05) is 6.61 Å². The summed E-state index contributed by atoms with van der Waals surface area (Å²) < 4.78 is 5.51. The van der Waals surface area contributed by atoms with Crippen LogP contribution in [0, 0.1) is 0 Å². The Labute approximate surface area is 154 Å². The fourth-order valence-electron chi connectivity index (χ4n) is 1.76. The van der Waals surface area contributed by atoms with E-state index in [2.05, 4.69) is 6.92 Å². The summed E-state index contributed by atoms with van der Waals surface area (Å²) in [5.74, 6) is 0.814. The first-order valence-electron chi connectivity index (χ1n) is 6.60. The van der Waals surface area contributed by atoms with Crippen molar-refractivity contribution < 1.29 is 9.53 Å². The fourth-order valence-corrected chi connectivity index (χ4v) is 3.48. The van der Waals surface area contributed by atoms with E-state index in [1.165, 1.54) is 0 Å². The Kier molecular flexibility index (Phi) is 8.55. The smallest absolute Gasteiger partial charge is 0.188 e. The van der Waals surface area contributed by atoms with E-state index in [4.69, 9.17) is 27.9 Å². The largest absolute Gasteiger partial charge is 0.494 e. The quantitative estimate of drug-likeness (QED) is 0.566. The van der Waals surface area contributed by atoms with E-state index in [-0.39, 0.29) is 33.0 Å². The number of ether oxygens (including phenoxy) is 1. The summed E-state index contributed by atoms with van der Waals surface area (Å²) in [4.78, 5) is 12.3. The van der Waals surface area contributed by atoms with Crippen molar-refractivity contribution >= 4 is 61.5 Å². The number of carbonyl (C=O) groups is 1. The number of rotatable bonds is 6. The van der Waals surface area contributed by atoms with Crippen LogP contribution in [-0.2, 0) is 0 Å². The molecule has 0 aromatic heterocycles. The van der Waals surface area contributed by atoms with Gasteiger partial charge in [0.15, 0.2) is 5.52 Å². The summed E-state index contributed by atoms with van der Waals surface area (Å²) in [6, 6.07) is 12.6. The van der Waals surface area contributed by atoms with E-state index in [0.29, 0.717) is 22.2 Å². The van der Waals surface area contributed by atoms with E-state index >= 15 is 0 Å². The first kappa shape index (κ1) is 19.6. The minimum atomic E-state index is -0.0622. The van der Waals surface area contributed by atoms with Crippen LogP contribution in [0.3, 0.4) is 0 Å². The van der Waals surface area contributed by atoms with Gasteiger partial charge < -0.3 is 4.74 Å². The van der Waals surface area contributed by atoms with Crippen molar-refractivity contribution in [3.8, 4) is 5.75 Å². The first-order chi connectivity index (χ1) is 10.1. The molecule has 1 radical (unpaired) electrons. The van der Waals surface area contributed by atoms with E-state index in [1.807, 2.05) is 24.3 Å². The molecule has 0 aliphatic heterocycles. The second kappa shape index (κ2) is 9.61. The Morgan fingerprint density at radius 3 is 2.23 bits per heavy atom. The SMILES string of the molecule is CCCOc1ccc(PC(=O)c2c(Cl)cccc2Cl)cc1.[Li]. The van der Waals surface area contributed by atoms with Gasteiger partial charge in [-0.3, -0.25) is 4.79 Å². The van der Waals surface area contributed by atoms with Gasteiger partial charge in [0.1, 0.15) is 5.75 Å². The van der Waals surface area contributed by atoms with Crippen molar-refractivity contribution in [1.29, 1.82) is 0 Å². The molecule has 0 bridgehead atoms. The van der Waals surface area contributed by atoms with Crippen LogP contribution in [0.1, 0.15) is 23.7 Å². The molecule has 1 unspecified atom stereocenters. The molecule has 2 aromatic rings. The average molecular weight is 348 g/mol. The Bertz CT molecular complexity index is 612. The average Bonchev–Trinajstić information content (AvgIpc) is 2.46. The standard InChI is InChI=1S/C16H15Cl2O2P.Li/c1-2-10-20-11-6-8-12(9-7-11)21-16(19)15-13(17)4-3-5-14(15)18;/h3-9,21H,2,10H2,1H3;. The molecule has 6 heteroatoms. The molecule has 22 heavy (non-hydrogen) atoms. The molecule has 0 N–H and O–H groups in total. The summed E-state index contributed by atoms with van der Waals surface area (Å²) >= 11 is 12.1. The predicted molar refractivity (Wildman–Crippen MR) is 96.7 cm³/mol. The van der Waals surface area contributed by atoms with Gasteiger partial charge in [-0.05, 0) is 44.6 Å². The molecule has 0 heterocycles. The zero-order chi connectivity index (χ0) is 15.2. The normalized spacial score (nSPS) is 10.5. The van der Waals surface area contributed by atoms with Crippen LogP contribution in [-0.4, -0.2) is 31.0 Å². The van der Waals surface area contributed by atoms with E-state index in [9.17, 15) is 4.79 Å². The van der Waals surface area contributed by atoms with Gasteiger partial charge in [-0.2, -0.15) is 0 Å². The van der Waals surface area contributed by atoms with Gasteiger partial charge in [-0.1, -0.05) is 48.3 Å². The van der Waals surface area contributed by atoms with Crippen molar-refractivity contribution in [1.82, 2.24) is 0 Å². The predicted octanol–water partition coefficient (Wildman–Crippen LogP) is 4.55. The molecule has 2 rings (SSSR count). The van der Waals surface area contributed by atoms with Gasteiger partial charge in [0.2, 0.25) is 0 Å². The van der Waals surface area contributed by atoms with E-state index in [1.54, 1.807) is 18.2 Å². The number of hydrogen-bond acceptors (Lipinski definition) is 2. The Balaban J connectivity index is 0.00000242. The third-order valence-electron chi connectivity index (χ3n) is 2.77. The molecule has 0 saturated heterocycles. The van der Waals surface area contributed by atoms with Crippen LogP contribution in [0.5, 0.6) is 5.75 Å². The molecule has 0 fully saturated rings. The fraction of sp³-hybridized carbons (Fsp3) is 0.188. The summed E-state index contributed by atoms with van der Waals surface area (Å²) in [6.45, 7) is 2.75. The first-order valence-corrected chi connectivity index (χ1v) is 8.35. The van der Waals surface area contributed by atoms with Crippen LogP contribution in [0.2, 0.25) is 10.0 Å². The zero-order valence-electron chi connectivity index (χ0n) is 12.5. The van der Waals surface area contributed by atoms with Crippen molar-refractivity contribution in [2.45, 2.75) is 13.3 Å². The number of carbonyl (C=O) groups excluding carboxylic acids is 1. The van der Waals surface area contributed by atoms with Gasteiger partial charge in [0.05, 0.1) is 22.2 Å². The van der Waals surface area contributed by atoms with Crippen LogP contribution in [0.25, 0.3) is 0 Å². The maximum absolute atomic E-state index is 12.3. The van der Waals surface area contributed by atoms with Gasteiger partial charge in [0.25, 0.3) is 0 Å². The molecule has 2 aromatic carbocycles. The number of benzene rings is 2. The Morgan fingerprint density at radius 1 is 1.09 bits per heavy atom. The summed E-state index contributed by atoms with van der Waals surface area (Å²) in [5, 5.41) is 1.71. The zero-order valence-corrected chi connectivity index (χ0v) is 15.0. The number of hydrogen-bond donors (Lipinski definition) is 0. The third kappa shape index (κ3) is 5.31. The van der Waals surface area contributed by atoms with E-state index < -0.39 is 0 Å². The molecule has 0 aliphatic rings. The Morgan fingerprint density at radius 2 is 1.68 bits per heavy atom. The minimum Gasteiger partial charge on any atom is -0.494 e. The minimum absolute atomic E-state index is 0. The van der Waals surface area contributed by atoms with Crippen LogP contribution < -0.4 is 10.0 Å². The third-order valence-corrected chi connectivity index (χ3v) is 4.50. The number of halogens is 2. The topological polar surface area (TPSA) is 26.3 Å². The van der Waals surface area contributed by atoms with Crippen molar-refractivity contribution in [3.63, 3.8) is 0 Å². The molecule has 0 spiro atoms. The maximum Gasteiger partial charge on any atom is 0.188 e. The molecule has 0 aliphatic carbocycles. The molecular formula is C16H15Cl2LiO2P. The summed E-state index contributed by atoms with van der Waals surface area (Å²) in [5.41, 5.74) is 0.332. The molecule has 2 nitrogen and oxygen atoms in total. The van der Waals surface area contributed by atoms with Crippen LogP contribution in [0.15, 0.2) is 42.5 Å². The van der Waals surface area contributed by atoms with Crippen molar-refractivity contribution in [3.05, 3.63) is 58.1 Å². The van der Waals surface area contributed by atoms with Crippen LogP contribution >= 0.6 is 31.8 Å². The van der Waals surface area contributed by atoms with Gasteiger partial charge in [-0.15, -0.1) is 0 Å².